The first-order valence-corrected chi connectivity index (χ1v) is 10.5. The van der Waals surface area contributed by atoms with Gasteiger partial charge in [-0.3, -0.25) is 4.68 Å². The molecule has 0 atom stereocenters. The molecule has 1 fully saturated rings. The Kier molecular flexibility index (Phi) is 4.10. The number of hydrogen-bond donors (Lipinski definition) is 2. The van der Waals surface area contributed by atoms with Crippen LogP contribution in [0.5, 0.6) is 0 Å². The van der Waals surface area contributed by atoms with Crippen LogP contribution in [-0.4, -0.2) is 32.8 Å². The molecule has 0 amide bonds. The van der Waals surface area contributed by atoms with E-state index in [0.29, 0.717) is 11.0 Å². The summed E-state index contributed by atoms with van der Waals surface area (Å²) < 4.78 is 3.04. The molecule has 6 nitrogen and oxygen atoms in total. The van der Waals surface area contributed by atoms with Crippen LogP contribution in [0.1, 0.15) is 35.6 Å². The zero-order valence-electron chi connectivity index (χ0n) is 16.4. The predicted octanol–water partition coefficient (Wildman–Crippen LogP) is 3.91. The van der Waals surface area contributed by atoms with E-state index in [9.17, 15) is 0 Å². The number of rotatable bonds is 2. The topological polar surface area (TPSA) is 81.6 Å². The number of aryl methyl sites for hydroxylation is 3. The van der Waals surface area contributed by atoms with E-state index in [1.807, 2.05) is 11.7 Å². The SMILES string of the molecule is Cc1cc(-c2nc(C3CCNCC3)c3nc(N)sc3c2C)cc2cn(C)nc12. The highest BCUT2D eigenvalue weighted by Gasteiger charge is 2.24. The molecule has 1 aliphatic heterocycles. The molecule has 4 aromatic rings. The van der Waals surface area contributed by atoms with Crippen molar-refractivity contribution in [2.45, 2.75) is 32.6 Å². The molecular weight excluding hydrogens is 368 g/mol. The van der Waals surface area contributed by atoms with E-state index in [-0.39, 0.29) is 0 Å². The van der Waals surface area contributed by atoms with Crippen LogP contribution in [-0.2, 0) is 7.05 Å². The van der Waals surface area contributed by atoms with E-state index in [1.54, 1.807) is 11.3 Å². The van der Waals surface area contributed by atoms with Crippen molar-refractivity contribution in [3.63, 3.8) is 0 Å². The molecule has 0 aliphatic carbocycles. The van der Waals surface area contributed by atoms with Gasteiger partial charge in [-0.05, 0) is 63.0 Å². The monoisotopic (exact) mass is 392 g/mol. The fourth-order valence-electron chi connectivity index (χ4n) is 4.36. The zero-order valence-corrected chi connectivity index (χ0v) is 17.2. The van der Waals surface area contributed by atoms with Crippen LogP contribution in [0.4, 0.5) is 5.13 Å². The van der Waals surface area contributed by atoms with Gasteiger partial charge in [-0.1, -0.05) is 11.3 Å². The number of anilines is 1. The summed E-state index contributed by atoms with van der Waals surface area (Å²) in [7, 11) is 1.96. The summed E-state index contributed by atoms with van der Waals surface area (Å²) in [6.45, 7) is 6.30. The highest BCUT2D eigenvalue weighted by molar-refractivity contribution is 7.22. The molecule has 0 spiro atoms. The number of nitrogens with zero attached hydrogens (tertiary/aromatic N) is 4. The van der Waals surface area contributed by atoms with Crippen LogP contribution in [0.3, 0.4) is 0 Å². The Labute approximate surface area is 167 Å². The summed E-state index contributed by atoms with van der Waals surface area (Å²) in [4.78, 5) is 9.85. The maximum absolute atomic E-state index is 6.10. The summed E-state index contributed by atoms with van der Waals surface area (Å²) in [6.07, 6.45) is 4.24. The van der Waals surface area contributed by atoms with Gasteiger partial charge in [0.05, 0.1) is 21.6 Å². The average molecular weight is 393 g/mol. The predicted molar refractivity (Wildman–Crippen MR) is 116 cm³/mol. The lowest BCUT2D eigenvalue weighted by Gasteiger charge is -2.23. The Hall–Kier alpha value is -2.51. The molecule has 28 heavy (non-hydrogen) atoms. The maximum atomic E-state index is 6.10. The van der Waals surface area contributed by atoms with Crippen molar-refractivity contribution in [2.24, 2.45) is 7.05 Å². The number of piperidine rings is 1. The Morgan fingerprint density at radius 3 is 2.71 bits per heavy atom. The van der Waals surface area contributed by atoms with Crippen molar-refractivity contribution >= 4 is 37.6 Å². The van der Waals surface area contributed by atoms with Gasteiger partial charge >= 0.3 is 0 Å². The highest BCUT2D eigenvalue weighted by atomic mass is 32.1. The number of aromatic nitrogens is 4. The fraction of sp³-hybridized carbons (Fsp3) is 0.381. The average Bonchev–Trinajstić information content (AvgIpc) is 3.25. The van der Waals surface area contributed by atoms with Crippen molar-refractivity contribution in [3.8, 4) is 11.3 Å². The Bertz CT molecular complexity index is 1200. The summed E-state index contributed by atoms with van der Waals surface area (Å²) in [5, 5.41) is 9.79. The molecule has 1 saturated heterocycles. The number of nitrogen functional groups attached to an aromatic ring is 1. The Morgan fingerprint density at radius 2 is 1.93 bits per heavy atom. The molecule has 0 bridgehead atoms. The molecule has 7 heteroatoms. The quantitative estimate of drug-likeness (QED) is 0.540. The van der Waals surface area contributed by atoms with Crippen LogP contribution < -0.4 is 11.1 Å². The van der Waals surface area contributed by atoms with Gasteiger partial charge < -0.3 is 11.1 Å². The third-order valence-corrected chi connectivity index (χ3v) is 6.73. The van der Waals surface area contributed by atoms with E-state index in [0.717, 1.165) is 64.9 Å². The lowest BCUT2D eigenvalue weighted by atomic mass is 9.92. The van der Waals surface area contributed by atoms with E-state index >= 15 is 0 Å². The smallest absolute Gasteiger partial charge is 0.181 e. The third-order valence-electron chi connectivity index (χ3n) is 5.73. The van der Waals surface area contributed by atoms with E-state index in [2.05, 4.69) is 47.6 Å². The molecule has 3 aromatic heterocycles. The second-order valence-corrected chi connectivity index (χ2v) is 8.79. The van der Waals surface area contributed by atoms with Crippen molar-refractivity contribution in [1.29, 1.82) is 0 Å². The van der Waals surface area contributed by atoms with E-state index < -0.39 is 0 Å². The molecule has 0 saturated carbocycles. The van der Waals surface area contributed by atoms with Crippen LogP contribution >= 0.6 is 11.3 Å². The van der Waals surface area contributed by atoms with Gasteiger partial charge in [0.25, 0.3) is 0 Å². The van der Waals surface area contributed by atoms with E-state index in [4.69, 9.17) is 10.7 Å². The molecule has 1 aromatic carbocycles. The van der Waals surface area contributed by atoms with Crippen LogP contribution in [0.15, 0.2) is 18.3 Å². The van der Waals surface area contributed by atoms with Gasteiger partial charge in [-0.25, -0.2) is 9.97 Å². The minimum absolute atomic E-state index is 0.424. The normalized spacial score (nSPS) is 15.7. The van der Waals surface area contributed by atoms with E-state index in [1.165, 1.54) is 10.3 Å². The second-order valence-electron chi connectivity index (χ2n) is 7.76. The molecule has 5 rings (SSSR count). The van der Waals surface area contributed by atoms with Gasteiger partial charge in [-0.15, -0.1) is 0 Å². The summed E-state index contributed by atoms with van der Waals surface area (Å²) in [5.41, 5.74) is 13.8. The number of hydrogen-bond acceptors (Lipinski definition) is 6. The van der Waals surface area contributed by atoms with Crippen LogP contribution in [0.25, 0.3) is 32.4 Å². The van der Waals surface area contributed by atoms with Gasteiger partial charge in [-0.2, -0.15) is 5.10 Å². The lowest BCUT2D eigenvalue weighted by molar-refractivity contribution is 0.455. The third kappa shape index (κ3) is 2.77. The molecule has 4 heterocycles. The first-order valence-electron chi connectivity index (χ1n) is 9.73. The minimum Gasteiger partial charge on any atom is -0.375 e. The molecule has 0 radical (unpaired) electrons. The molecule has 3 N–H and O–H groups in total. The summed E-state index contributed by atoms with van der Waals surface area (Å²) in [5.74, 6) is 0.424. The molecular formula is C21H24N6S. The van der Waals surface area contributed by atoms with Gasteiger partial charge in [0.2, 0.25) is 0 Å². The molecule has 144 valence electrons. The molecule has 1 aliphatic rings. The van der Waals surface area contributed by atoms with Crippen molar-refractivity contribution in [3.05, 3.63) is 35.2 Å². The number of benzene rings is 1. The summed E-state index contributed by atoms with van der Waals surface area (Å²) in [6, 6.07) is 4.40. The number of nitrogens with one attached hydrogen (secondary N) is 1. The second kappa shape index (κ2) is 6.53. The lowest BCUT2D eigenvalue weighted by Crippen LogP contribution is -2.27. The minimum atomic E-state index is 0.424. The van der Waals surface area contributed by atoms with Crippen molar-refractivity contribution in [1.82, 2.24) is 25.1 Å². The largest absolute Gasteiger partial charge is 0.375 e. The van der Waals surface area contributed by atoms with Gasteiger partial charge in [0.1, 0.15) is 5.52 Å². The highest BCUT2D eigenvalue weighted by Crippen LogP contribution is 2.39. The molecule has 0 unspecified atom stereocenters. The first kappa shape index (κ1) is 17.6. The maximum Gasteiger partial charge on any atom is 0.181 e. The van der Waals surface area contributed by atoms with Crippen molar-refractivity contribution in [2.75, 3.05) is 18.8 Å². The Morgan fingerprint density at radius 1 is 1.14 bits per heavy atom. The first-order chi connectivity index (χ1) is 13.5. The van der Waals surface area contributed by atoms with Gasteiger partial charge in [0.15, 0.2) is 5.13 Å². The van der Waals surface area contributed by atoms with Crippen molar-refractivity contribution < 1.29 is 0 Å². The van der Waals surface area contributed by atoms with Gasteiger partial charge in [0, 0.05) is 30.1 Å². The number of nitrogens with two attached hydrogens (primary N) is 1. The van der Waals surface area contributed by atoms with Crippen LogP contribution in [0, 0.1) is 13.8 Å². The number of pyridine rings is 1. The Balaban J connectivity index is 1.76. The fourth-order valence-corrected chi connectivity index (χ4v) is 5.20. The summed E-state index contributed by atoms with van der Waals surface area (Å²) >= 11 is 1.57. The number of thiazole rings is 1. The standard InChI is InChI=1S/C21H24N6S/c1-11-8-14(9-15-10-27(3)26-16(11)15)17-12(2)20-19(25-21(22)28-20)18(24-17)13-4-6-23-7-5-13/h8-10,13,23H,4-7H2,1-3H3,(H2,22,25). The number of fused-ring (bicyclic) bond motifs is 2. The van der Waals surface area contributed by atoms with Crippen LogP contribution in [0.2, 0.25) is 0 Å². The zero-order chi connectivity index (χ0) is 19.4.